The minimum Gasteiger partial charge on any atom is -0.481 e. The summed E-state index contributed by atoms with van der Waals surface area (Å²) in [7, 11) is 0. The van der Waals surface area contributed by atoms with E-state index < -0.39 is 11.9 Å². The Kier molecular flexibility index (Phi) is 3.43. The molecule has 1 aliphatic rings. The van der Waals surface area contributed by atoms with Gasteiger partial charge in [0.05, 0.1) is 5.92 Å². The molecular weight excluding hydrogens is 271 g/mol. The fourth-order valence-electron chi connectivity index (χ4n) is 2.42. The van der Waals surface area contributed by atoms with Crippen molar-refractivity contribution in [1.82, 2.24) is 0 Å². The molecule has 1 N–H and O–H groups in total. The molecule has 1 fully saturated rings. The van der Waals surface area contributed by atoms with Gasteiger partial charge in [-0.1, -0.05) is 49.2 Å². The molecule has 0 aliphatic heterocycles. The second-order valence-corrected chi connectivity index (χ2v) is 6.07. The van der Waals surface area contributed by atoms with E-state index in [1.165, 1.54) is 0 Å². The second kappa shape index (κ2) is 4.60. The Morgan fingerprint density at radius 3 is 2.28 bits per heavy atom. The van der Waals surface area contributed by atoms with Crippen LogP contribution < -0.4 is 0 Å². The van der Waals surface area contributed by atoms with Crippen LogP contribution in [0.2, 0.25) is 5.02 Å². The molecule has 0 bridgehead atoms. The standard InChI is InChI=1S/C14H14Cl2O2/c1-14(2)11(12(14)13(17)18)10(16)7-8-3-5-9(15)6-4-8/h3-7,11-12H,1-2H3,(H,17,18)/b10-7-. The summed E-state index contributed by atoms with van der Waals surface area (Å²) in [6.45, 7) is 3.85. The molecule has 4 heteroatoms. The summed E-state index contributed by atoms with van der Waals surface area (Å²) in [6, 6.07) is 7.28. The number of hydrogen-bond donors (Lipinski definition) is 1. The van der Waals surface area contributed by atoms with Crippen molar-refractivity contribution < 1.29 is 9.90 Å². The molecule has 2 nitrogen and oxygen atoms in total. The first kappa shape index (κ1) is 13.4. The average Bonchev–Trinajstić information content (AvgIpc) is 2.85. The lowest BCUT2D eigenvalue weighted by atomic mass is 10.1. The van der Waals surface area contributed by atoms with E-state index in [9.17, 15) is 4.79 Å². The van der Waals surface area contributed by atoms with Crippen LogP contribution >= 0.6 is 23.2 Å². The topological polar surface area (TPSA) is 37.3 Å². The van der Waals surface area contributed by atoms with Gasteiger partial charge in [-0.2, -0.15) is 0 Å². The number of rotatable bonds is 3. The van der Waals surface area contributed by atoms with Crippen LogP contribution in [0.25, 0.3) is 6.08 Å². The minimum atomic E-state index is -0.785. The molecule has 0 radical (unpaired) electrons. The lowest BCUT2D eigenvalue weighted by Crippen LogP contribution is -2.03. The third kappa shape index (κ3) is 2.40. The van der Waals surface area contributed by atoms with Crippen LogP contribution in [0.1, 0.15) is 19.4 Å². The Morgan fingerprint density at radius 2 is 1.83 bits per heavy atom. The van der Waals surface area contributed by atoms with Crippen molar-refractivity contribution in [2.75, 3.05) is 0 Å². The molecule has 2 rings (SSSR count). The van der Waals surface area contributed by atoms with Crippen LogP contribution in [0.4, 0.5) is 0 Å². The van der Waals surface area contributed by atoms with E-state index in [1.54, 1.807) is 12.1 Å². The van der Waals surface area contributed by atoms with Crippen LogP contribution in [-0.2, 0) is 4.79 Å². The van der Waals surface area contributed by atoms with Gasteiger partial charge in [0.15, 0.2) is 0 Å². The van der Waals surface area contributed by atoms with Gasteiger partial charge in [-0.05, 0) is 29.2 Å². The predicted octanol–water partition coefficient (Wildman–Crippen LogP) is 4.28. The molecule has 2 unspecified atom stereocenters. The second-order valence-electron chi connectivity index (χ2n) is 5.20. The van der Waals surface area contributed by atoms with Crippen molar-refractivity contribution in [3.05, 3.63) is 39.9 Å². The van der Waals surface area contributed by atoms with Crippen molar-refractivity contribution in [3.8, 4) is 0 Å². The minimum absolute atomic E-state index is 0.104. The maximum Gasteiger partial charge on any atom is 0.307 e. The fourth-order valence-corrected chi connectivity index (χ4v) is 3.08. The summed E-state index contributed by atoms with van der Waals surface area (Å²) in [4.78, 5) is 11.1. The van der Waals surface area contributed by atoms with Crippen molar-refractivity contribution in [2.24, 2.45) is 17.3 Å². The van der Waals surface area contributed by atoms with E-state index in [-0.39, 0.29) is 11.3 Å². The SMILES string of the molecule is CC1(C)C(C(=O)O)C1/C(Cl)=C/c1ccc(Cl)cc1. The molecule has 1 aliphatic carbocycles. The molecule has 0 saturated heterocycles. The number of hydrogen-bond acceptors (Lipinski definition) is 1. The highest BCUT2D eigenvalue weighted by molar-refractivity contribution is 6.32. The van der Waals surface area contributed by atoms with E-state index in [4.69, 9.17) is 28.3 Å². The van der Waals surface area contributed by atoms with Crippen LogP contribution in [0.3, 0.4) is 0 Å². The van der Waals surface area contributed by atoms with E-state index in [0.29, 0.717) is 10.1 Å². The van der Waals surface area contributed by atoms with Gasteiger partial charge in [0, 0.05) is 16.0 Å². The van der Waals surface area contributed by atoms with E-state index in [2.05, 4.69) is 0 Å². The van der Waals surface area contributed by atoms with Crippen molar-refractivity contribution in [2.45, 2.75) is 13.8 Å². The highest BCUT2D eigenvalue weighted by Crippen LogP contribution is 2.62. The average molecular weight is 285 g/mol. The number of carboxylic acid groups (broad SMARTS) is 1. The summed E-state index contributed by atoms with van der Waals surface area (Å²) >= 11 is 12.0. The highest BCUT2D eigenvalue weighted by atomic mass is 35.5. The first-order chi connectivity index (χ1) is 8.34. The quantitative estimate of drug-likeness (QED) is 0.900. The Hall–Kier alpha value is -0.990. The molecule has 96 valence electrons. The zero-order valence-corrected chi connectivity index (χ0v) is 11.7. The number of allylic oxidation sites excluding steroid dienone is 1. The molecule has 0 amide bonds. The van der Waals surface area contributed by atoms with Gasteiger partial charge >= 0.3 is 5.97 Å². The van der Waals surface area contributed by atoms with E-state index in [1.807, 2.05) is 32.1 Å². The summed E-state index contributed by atoms with van der Waals surface area (Å²) < 4.78 is 0. The van der Waals surface area contributed by atoms with Crippen LogP contribution in [0.15, 0.2) is 29.3 Å². The Morgan fingerprint density at radius 1 is 1.28 bits per heavy atom. The van der Waals surface area contributed by atoms with Gasteiger partial charge in [0.1, 0.15) is 0 Å². The van der Waals surface area contributed by atoms with Crippen LogP contribution in [-0.4, -0.2) is 11.1 Å². The zero-order valence-electron chi connectivity index (χ0n) is 10.2. The molecule has 1 aromatic rings. The maximum atomic E-state index is 11.1. The normalized spacial score (nSPS) is 25.9. The molecule has 0 spiro atoms. The summed E-state index contributed by atoms with van der Waals surface area (Å²) in [5.74, 6) is -1.28. The van der Waals surface area contributed by atoms with E-state index >= 15 is 0 Å². The predicted molar refractivity (Wildman–Crippen MR) is 73.7 cm³/mol. The monoisotopic (exact) mass is 284 g/mol. The molecule has 1 aromatic carbocycles. The van der Waals surface area contributed by atoms with Gasteiger partial charge in [-0.15, -0.1) is 0 Å². The fraction of sp³-hybridized carbons (Fsp3) is 0.357. The Balaban J connectivity index is 2.20. The van der Waals surface area contributed by atoms with Crippen LogP contribution in [0.5, 0.6) is 0 Å². The third-order valence-electron chi connectivity index (χ3n) is 3.57. The number of halogens is 2. The molecule has 18 heavy (non-hydrogen) atoms. The van der Waals surface area contributed by atoms with Gasteiger partial charge in [0.25, 0.3) is 0 Å². The molecule has 2 atom stereocenters. The molecule has 0 aromatic heterocycles. The number of carboxylic acids is 1. The first-order valence-corrected chi connectivity index (χ1v) is 6.45. The van der Waals surface area contributed by atoms with Crippen LogP contribution in [0, 0.1) is 17.3 Å². The summed E-state index contributed by atoms with van der Waals surface area (Å²) in [5, 5.41) is 10.4. The van der Waals surface area contributed by atoms with Gasteiger partial charge in [0.2, 0.25) is 0 Å². The van der Waals surface area contributed by atoms with Crippen molar-refractivity contribution in [1.29, 1.82) is 0 Å². The highest BCUT2D eigenvalue weighted by Gasteiger charge is 2.63. The number of aliphatic carboxylic acids is 1. The number of carbonyl (C=O) groups is 1. The van der Waals surface area contributed by atoms with Gasteiger partial charge < -0.3 is 5.11 Å². The Labute approximate surface area is 116 Å². The third-order valence-corrected chi connectivity index (χ3v) is 4.16. The number of benzene rings is 1. The molecule has 1 saturated carbocycles. The van der Waals surface area contributed by atoms with E-state index in [0.717, 1.165) is 5.56 Å². The van der Waals surface area contributed by atoms with Crippen molar-refractivity contribution >= 4 is 35.2 Å². The maximum absolute atomic E-state index is 11.1. The lowest BCUT2D eigenvalue weighted by Gasteiger charge is -2.01. The first-order valence-electron chi connectivity index (χ1n) is 5.69. The lowest BCUT2D eigenvalue weighted by molar-refractivity contribution is -0.139. The summed E-state index contributed by atoms with van der Waals surface area (Å²) in [6.07, 6.45) is 1.81. The van der Waals surface area contributed by atoms with Gasteiger partial charge in [-0.3, -0.25) is 4.79 Å². The zero-order chi connectivity index (χ0) is 13.5. The van der Waals surface area contributed by atoms with Gasteiger partial charge in [-0.25, -0.2) is 0 Å². The smallest absolute Gasteiger partial charge is 0.307 e. The largest absolute Gasteiger partial charge is 0.481 e. The molecular formula is C14H14Cl2O2. The summed E-state index contributed by atoms with van der Waals surface area (Å²) in [5.41, 5.74) is 0.655. The van der Waals surface area contributed by atoms with Crippen molar-refractivity contribution in [3.63, 3.8) is 0 Å². The Bertz CT molecular complexity index is 503. The molecule has 0 heterocycles.